The van der Waals surface area contributed by atoms with Crippen molar-refractivity contribution in [1.82, 2.24) is 9.47 Å². The van der Waals surface area contributed by atoms with Gasteiger partial charge in [-0.05, 0) is 18.6 Å². The van der Waals surface area contributed by atoms with Crippen molar-refractivity contribution >= 4 is 17.5 Å². The molecule has 27 heavy (non-hydrogen) atoms. The molecule has 0 saturated carbocycles. The highest BCUT2D eigenvalue weighted by molar-refractivity contribution is 6.04. The van der Waals surface area contributed by atoms with Crippen LogP contribution in [0, 0.1) is 5.82 Å². The van der Waals surface area contributed by atoms with Crippen LogP contribution >= 0.6 is 0 Å². The summed E-state index contributed by atoms with van der Waals surface area (Å²) in [6, 6.07) is 4.76. The van der Waals surface area contributed by atoms with Crippen molar-refractivity contribution in [3.05, 3.63) is 53.6 Å². The van der Waals surface area contributed by atoms with Gasteiger partial charge in [-0.25, -0.2) is 4.39 Å². The van der Waals surface area contributed by atoms with E-state index in [4.69, 9.17) is 0 Å². The van der Waals surface area contributed by atoms with Gasteiger partial charge in [0.15, 0.2) is 0 Å². The van der Waals surface area contributed by atoms with Gasteiger partial charge in [0.1, 0.15) is 11.9 Å². The molecule has 0 bridgehead atoms. The predicted molar refractivity (Wildman–Crippen MR) is 89.7 cm³/mol. The highest BCUT2D eigenvalue weighted by Crippen LogP contribution is 2.34. The SMILES string of the molecule is CN(C(=O)c1cn(C)cc1C(F)(F)F)C1CCN(c2ccccc2F)C1=O. The van der Waals surface area contributed by atoms with Crippen molar-refractivity contribution in [2.24, 2.45) is 7.05 Å². The zero-order valence-electron chi connectivity index (χ0n) is 14.6. The molecule has 144 valence electrons. The van der Waals surface area contributed by atoms with Crippen molar-refractivity contribution < 1.29 is 27.2 Å². The lowest BCUT2D eigenvalue weighted by Crippen LogP contribution is -2.43. The summed E-state index contributed by atoms with van der Waals surface area (Å²) >= 11 is 0. The number of rotatable bonds is 3. The summed E-state index contributed by atoms with van der Waals surface area (Å²) in [7, 11) is 2.66. The van der Waals surface area contributed by atoms with E-state index in [2.05, 4.69) is 0 Å². The van der Waals surface area contributed by atoms with E-state index in [1.165, 1.54) is 37.2 Å². The molecule has 1 aliphatic rings. The standard InChI is InChI=1S/C18H17F4N3O2/c1-23-9-11(12(10-23)18(20,21)22)16(26)24(2)15-7-8-25(17(15)27)14-6-4-3-5-13(14)19/h3-6,9-10,15H,7-8H2,1-2H3. The van der Waals surface area contributed by atoms with E-state index < -0.39 is 41.0 Å². The molecule has 1 unspecified atom stereocenters. The zero-order valence-corrected chi connectivity index (χ0v) is 14.6. The third kappa shape index (κ3) is 3.41. The summed E-state index contributed by atoms with van der Waals surface area (Å²) in [5.74, 6) is -2.01. The molecule has 1 atom stereocenters. The van der Waals surface area contributed by atoms with E-state index in [1.54, 1.807) is 6.07 Å². The molecule has 2 aromatic rings. The summed E-state index contributed by atoms with van der Waals surface area (Å²) in [4.78, 5) is 27.5. The van der Waals surface area contributed by atoms with Gasteiger partial charge in [0.05, 0.1) is 16.8 Å². The number of nitrogens with zero attached hydrogens (tertiary/aromatic N) is 3. The largest absolute Gasteiger partial charge is 0.418 e. The lowest BCUT2D eigenvalue weighted by atomic mass is 10.1. The summed E-state index contributed by atoms with van der Waals surface area (Å²) in [6.45, 7) is 0.170. The average Bonchev–Trinajstić information content (AvgIpc) is 3.17. The number of aromatic nitrogens is 1. The van der Waals surface area contributed by atoms with Gasteiger partial charge < -0.3 is 14.4 Å². The van der Waals surface area contributed by atoms with Gasteiger partial charge in [0.25, 0.3) is 5.91 Å². The number of alkyl halides is 3. The molecule has 1 aromatic heterocycles. The normalized spacial score (nSPS) is 17.5. The molecule has 9 heteroatoms. The second kappa shape index (κ2) is 6.71. The minimum atomic E-state index is -4.69. The third-order valence-electron chi connectivity index (χ3n) is 4.60. The van der Waals surface area contributed by atoms with Gasteiger partial charge in [-0.15, -0.1) is 0 Å². The molecule has 2 heterocycles. The van der Waals surface area contributed by atoms with E-state index in [0.717, 1.165) is 21.9 Å². The second-order valence-electron chi connectivity index (χ2n) is 6.41. The first-order chi connectivity index (χ1) is 12.6. The van der Waals surface area contributed by atoms with Crippen molar-refractivity contribution in [3.8, 4) is 0 Å². The maximum absolute atomic E-state index is 14.0. The number of benzene rings is 1. The Kier molecular flexibility index (Phi) is 4.71. The summed E-state index contributed by atoms with van der Waals surface area (Å²) in [5, 5.41) is 0. The number of carbonyl (C=O) groups excluding carboxylic acids is 2. The molecule has 1 aromatic carbocycles. The second-order valence-corrected chi connectivity index (χ2v) is 6.41. The third-order valence-corrected chi connectivity index (χ3v) is 4.60. The fourth-order valence-corrected chi connectivity index (χ4v) is 3.25. The number of anilines is 1. The highest BCUT2D eigenvalue weighted by atomic mass is 19.4. The van der Waals surface area contributed by atoms with Gasteiger partial charge in [0.2, 0.25) is 5.91 Å². The maximum Gasteiger partial charge on any atom is 0.418 e. The zero-order chi connectivity index (χ0) is 19.9. The number of carbonyl (C=O) groups is 2. The summed E-state index contributed by atoms with van der Waals surface area (Å²) in [6.07, 6.45) is -2.59. The quantitative estimate of drug-likeness (QED) is 0.765. The Morgan fingerprint density at radius 2 is 1.89 bits per heavy atom. The first-order valence-corrected chi connectivity index (χ1v) is 8.17. The van der Waals surface area contributed by atoms with Gasteiger partial charge >= 0.3 is 6.18 Å². The molecular weight excluding hydrogens is 366 g/mol. The molecule has 3 rings (SSSR count). The number of hydrogen-bond acceptors (Lipinski definition) is 2. The Hall–Kier alpha value is -2.84. The first kappa shape index (κ1) is 18.9. The van der Waals surface area contributed by atoms with Crippen molar-refractivity contribution in [1.29, 1.82) is 0 Å². The van der Waals surface area contributed by atoms with Crippen LogP contribution in [0.3, 0.4) is 0 Å². The first-order valence-electron chi connectivity index (χ1n) is 8.17. The smallest absolute Gasteiger partial charge is 0.356 e. The van der Waals surface area contributed by atoms with Crippen LogP contribution in [-0.4, -0.2) is 40.9 Å². The van der Waals surface area contributed by atoms with Gasteiger partial charge in [0, 0.05) is 33.0 Å². The van der Waals surface area contributed by atoms with Crippen LogP contribution < -0.4 is 4.90 Å². The molecule has 0 N–H and O–H groups in total. The van der Waals surface area contributed by atoms with E-state index in [0.29, 0.717) is 0 Å². The van der Waals surface area contributed by atoms with E-state index >= 15 is 0 Å². The highest BCUT2D eigenvalue weighted by Gasteiger charge is 2.41. The molecule has 1 saturated heterocycles. The molecule has 5 nitrogen and oxygen atoms in total. The fraction of sp³-hybridized carbons (Fsp3) is 0.333. The molecular formula is C18H17F4N3O2. The van der Waals surface area contributed by atoms with Gasteiger partial charge in [-0.1, -0.05) is 12.1 Å². The topological polar surface area (TPSA) is 45.6 Å². The van der Waals surface area contributed by atoms with E-state index in [9.17, 15) is 27.2 Å². The van der Waals surface area contributed by atoms with Gasteiger partial charge in [-0.3, -0.25) is 9.59 Å². The molecule has 0 aliphatic carbocycles. The number of aryl methyl sites for hydroxylation is 1. The summed E-state index contributed by atoms with van der Waals surface area (Å²) < 4.78 is 54.6. The van der Waals surface area contributed by atoms with Crippen LogP contribution in [0.4, 0.5) is 23.2 Å². The predicted octanol–water partition coefficient (Wildman–Crippen LogP) is 3.06. The van der Waals surface area contributed by atoms with Crippen LogP contribution in [0.1, 0.15) is 22.3 Å². The fourth-order valence-electron chi connectivity index (χ4n) is 3.25. The molecule has 2 amide bonds. The van der Waals surface area contributed by atoms with Crippen LogP contribution in [-0.2, 0) is 18.0 Å². The monoisotopic (exact) mass is 383 g/mol. The lowest BCUT2D eigenvalue weighted by Gasteiger charge is -2.24. The minimum Gasteiger partial charge on any atom is -0.356 e. The van der Waals surface area contributed by atoms with E-state index in [-0.39, 0.29) is 18.7 Å². The van der Waals surface area contributed by atoms with Crippen LogP contribution in [0.2, 0.25) is 0 Å². The van der Waals surface area contributed by atoms with Crippen LogP contribution in [0.15, 0.2) is 36.7 Å². The van der Waals surface area contributed by atoms with Crippen molar-refractivity contribution in [2.45, 2.75) is 18.6 Å². The Labute approximate surface area is 152 Å². The van der Waals surface area contributed by atoms with Crippen molar-refractivity contribution in [3.63, 3.8) is 0 Å². The number of halogens is 4. The minimum absolute atomic E-state index is 0.0848. The molecule has 1 aliphatic heterocycles. The van der Waals surface area contributed by atoms with E-state index in [1.807, 2.05) is 0 Å². The Morgan fingerprint density at radius 3 is 2.52 bits per heavy atom. The van der Waals surface area contributed by atoms with Gasteiger partial charge in [-0.2, -0.15) is 13.2 Å². The lowest BCUT2D eigenvalue weighted by molar-refractivity contribution is -0.138. The van der Waals surface area contributed by atoms with Crippen molar-refractivity contribution in [2.75, 3.05) is 18.5 Å². The Morgan fingerprint density at radius 1 is 1.22 bits per heavy atom. The molecule has 0 radical (unpaired) electrons. The summed E-state index contributed by atoms with van der Waals surface area (Å²) in [5.41, 5.74) is -1.50. The molecule has 1 fully saturated rings. The number of amides is 2. The molecule has 0 spiro atoms. The number of para-hydroxylation sites is 1. The number of hydrogen-bond donors (Lipinski definition) is 0. The maximum atomic E-state index is 14.0. The Bertz CT molecular complexity index is 891. The number of likely N-dealkylation sites (N-methyl/N-ethyl adjacent to an activating group) is 1. The Balaban J connectivity index is 1.85. The van der Waals surface area contributed by atoms with Crippen LogP contribution in [0.25, 0.3) is 0 Å². The average molecular weight is 383 g/mol. The van der Waals surface area contributed by atoms with Crippen LogP contribution in [0.5, 0.6) is 0 Å².